The maximum absolute atomic E-state index is 11.2. The highest BCUT2D eigenvalue weighted by atomic mass is 16.4. The molecule has 7 nitrogen and oxygen atoms in total. The Morgan fingerprint density at radius 1 is 1.00 bits per heavy atom. The van der Waals surface area contributed by atoms with Crippen molar-refractivity contribution in [3.8, 4) is 0 Å². The van der Waals surface area contributed by atoms with E-state index in [1.807, 2.05) is 31.2 Å². The van der Waals surface area contributed by atoms with Crippen LogP contribution in [-0.2, 0) is 4.79 Å². The summed E-state index contributed by atoms with van der Waals surface area (Å²) < 4.78 is 0. The third-order valence-corrected chi connectivity index (χ3v) is 6.21. The summed E-state index contributed by atoms with van der Waals surface area (Å²) in [5.74, 6) is 1.26. The number of carboxylic acids is 1. The summed E-state index contributed by atoms with van der Waals surface area (Å²) in [4.78, 5) is 28.0. The maximum atomic E-state index is 11.2. The molecule has 29 heavy (non-hydrogen) atoms. The van der Waals surface area contributed by atoms with Crippen molar-refractivity contribution in [2.45, 2.75) is 45.1 Å². The first-order valence-electron chi connectivity index (χ1n) is 10.9. The third kappa shape index (κ3) is 4.45. The van der Waals surface area contributed by atoms with Crippen LogP contribution in [0.1, 0.15) is 39.0 Å². The van der Waals surface area contributed by atoms with Crippen LogP contribution in [0.4, 0.5) is 11.6 Å². The number of anilines is 2. The Labute approximate surface area is 172 Å². The topological polar surface area (TPSA) is 72.8 Å². The molecule has 2 fully saturated rings. The van der Waals surface area contributed by atoms with E-state index >= 15 is 0 Å². The van der Waals surface area contributed by atoms with Crippen LogP contribution in [0.25, 0.3) is 11.0 Å². The predicted octanol–water partition coefficient (Wildman–Crippen LogP) is 3.00. The standard InChI is InChI=1S/C22H31N5O2/c1-2-25(16-20(28)29)17-10-14-27(15-11-17)22-21(26-12-6-3-7-13-26)23-18-8-4-5-9-19(18)24-22/h4-5,8-9,17H,2-3,6-7,10-16H2,1H3,(H,28,29). The van der Waals surface area contributed by atoms with Crippen molar-refractivity contribution in [3.63, 3.8) is 0 Å². The summed E-state index contributed by atoms with van der Waals surface area (Å²) in [6.07, 6.45) is 5.60. The molecule has 0 saturated carbocycles. The molecule has 2 aliphatic rings. The number of likely N-dealkylation sites (N-methyl/N-ethyl adjacent to an activating group) is 1. The second kappa shape index (κ2) is 8.95. The molecule has 3 heterocycles. The zero-order valence-electron chi connectivity index (χ0n) is 17.3. The minimum absolute atomic E-state index is 0.121. The number of rotatable bonds is 6. The number of aromatic nitrogens is 2. The van der Waals surface area contributed by atoms with Gasteiger partial charge >= 0.3 is 5.97 Å². The molecule has 1 N–H and O–H groups in total. The lowest BCUT2D eigenvalue weighted by atomic mass is 10.0. The number of benzene rings is 1. The van der Waals surface area contributed by atoms with Gasteiger partial charge in [-0.3, -0.25) is 9.69 Å². The molecule has 4 rings (SSSR count). The zero-order chi connectivity index (χ0) is 20.2. The molecule has 1 aromatic carbocycles. The molecule has 2 saturated heterocycles. The minimum Gasteiger partial charge on any atom is -0.480 e. The summed E-state index contributed by atoms with van der Waals surface area (Å²) in [5.41, 5.74) is 1.89. The number of aliphatic carboxylic acids is 1. The second-order valence-electron chi connectivity index (χ2n) is 8.08. The summed E-state index contributed by atoms with van der Waals surface area (Å²) in [6, 6.07) is 8.42. The summed E-state index contributed by atoms with van der Waals surface area (Å²) in [6.45, 7) is 6.78. The van der Waals surface area contributed by atoms with Crippen molar-refractivity contribution in [2.24, 2.45) is 0 Å². The Hall–Kier alpha value is -2.41. The van der Waals surface area contributed by atoms with E-state index in [0.717, 1.165) is 68.2 Å². The van der Waals surface area contributed by atoms with Gasteiger partial charge in [0.1, 0.15) is 0 Å². The lowest BCUT2D eigenvalue weighted by Gasteiger charge is -2.39. The fourth-order valence-corrected chi connectivity index (χ4v) is 4.63. The highest BCUT2D eigenvalue weighted by Crippen LogP contribution is 2.32. The van der Waals surface area contributed by atoms with E-state index in [9.17, 15) is 9.90 Å². The normalized spacial score (nSPS) is 18.6. The van der Waals surface area contributed by atoms with Gasteiger partial charge in [-0.05, 0) is 50.8 Å². The number of piperidine rings is 2. The first-order chi connectivity index (χ1) is 14.2. The van der Waals surface area contributed by atoms with Gasteiger partial charge in [0.2, 0.25) is 0 Å². The van der Waals surface area contributed by atoms with Crippen LogP contribution >= 0.6 is 0 Å². The Bertz CT molecular complexity index is 844. The highest BCUT2D eigenvalue weighted by Gasteiger charge is 2.28. The molecule has 0 radical (unpaired) electrons. The number of carboxylic acid groups (broad SMARTS) is 1. The van der Waals surface area contributed by atoms with E-state index < -0.39 is 5.97 Å². The average Bonchev–Trinajstić information content (AvgIpc) is 2.77. The monoisotopic (exact) mass is 397 g/mol. The third-order valence-electron chi connectivity index (χ3n) is 6.21. The predicted molar refractivity (Wildman–Crippen MR) is 116 cm³/mol. The molecule has 156 valence electrons. The molecule has 7 heteroatoms. The first-order valence-corrected chi connectivity index (χ1v) is 10.9. The molecular weight excluding hydrogens is 366 g/mol. The van der Waals surface area contributed by atoms with E-state index in [1.165, 1.54) is 19.3 Å². The fraction of sp³-hybridized carbons (Fsp3) is 0.591. The Kier molecular flexibility index (Phi) is 6.13. The van der Waals surface area contributed by atoms with E-state index in [1.54, 1.807) is 0 Å². The summed E-state index contributed by atoms with van der Waals surface area (Å²) in [7, 11) is 0. The van der Waals surface area contributed by atoms with Crippen molar-refractivity contribution in [1.29, 1.82) is 0 Å². The molecular formula is C22H31N5O2. The average molecular weight is 398 g/mol. The van der Waals surface area contributed by atoms with Crippen LogP contribution in [0, 0.1) is 0 Å². The van der Waals surface area contributed by atoms with Gasteiger partial charge in [0, 0.05) is 32.2 Å². The van der Waals surface area contributed by atoms with Crippen LogP contribution < -0.4 is 9.80 Å². The van der Waals surface area contributed by atoms with Gasteiger partial charge in [0.25, 0.3) is 0 Å². The van der Waals surface area contributed by atoms with Crippen LogP contribution in [-0.4, -0.2) is 71.3 Å². The van der Waals surface area contributed by atoms with Crippen molar-refractivity contribution in [3.05, 3.63) is 24.3 Å². The molecule has 2 aliphatic heterocycles. The summed E-state index contributed by atoms with van der Waals surface area (Å²) in [5, 5.41) is 9.18. The van der Waals surface area contributed by atoms with Gasteiger partial charge in [-0.2, -0.15) is 0 Å². The zero-order valence-corrected chi connectivity index (χ0v) is 17.3. The minimum atomic E-state index is -0.748. The van der Waals surface area contributed by atoms with E-state index in [2.05, 4.69) is 14.7 Å². The van der Waals surface area contributed by atoms with Crippen LogP contribution in [0.3, 0.4) is 0 Å². The van der Waals surface area contributed by atoms with Crippen LogP contribution in [0.2, 0.25) is 0 Å². The quantitative estimate of drug-likeness (QED) is 0.803. The van der Waals surface area contributed by atoms with Gasteiger partial charge in [0.05, 0.1) is 17.6 Å². The molecule has 0 amide bonds. The number of fused-ring (bicyclic) bond motifs is 1. The van der Waals surface area contributed by atoms with Crippen LogP contribution in [0.5, 0.6) is 0 Å². The van der Waals surface area contributed by atoms with E-state index in [0.29, 0.717) is 6.04 Å². The number of para-hydroxylation sites is 2. The number of nitrogens with zero attached hydrogens (tertiary/aromatic N) is 5. The molecule has 0 unspecified atom stereocenters. The molecule has 2 aromatic rings. The smallest absolute Gasteiger partial charge is 0.317 e. The molecule has 1 aromatic heterocycles. The summed E-state index contributed by atoms with van der Waals surface area (Å²) >= 11 is 0. The largest absolute Gasteiger partial charge is 0.480 e. The van der Waals surface area contributed by atoms with Crippen molar-refractivity contribution >= 4 is 28.6 Å². The number of carbonyl (C=O) groups is 1. The highest BCUT2D eigenvalue weighted by molar-refractivity contribution is 5.81. The van der Waals surface area contributed by atoms with Gasteiger partial charge in [-0.1, -0.05) is 19.1 Å². The Morgan fingerprint density at radius 3 is 2.07 bits per heavy atom. The van der Waals surface area contributed by atoms with Crippen LogP contribution in [0.15, 0.2) is 24.3 Å². The lowest BCUT2D eigenvalue weighted by molar-refractivity contribution is -0.139. The van der Waals surface area contributed by atoms with Crippen molar-refractivity contribution in [2.75, 3.05) is 49.1 Å². The lowest BCUT2D eigenvalue weighted by Crippen LogP contribution is -2.47. The molecule has 0 atom stereocenters. The Balaban J connectivity index is 1.57. The molecule has 0 bridgehead atoms. The van der Waals surface area contributed by atoms with Gasteiger partial charge in [0.15, 0.2) is 11.6 Å². The van der Waals surface area contributed by atoms with E-state index in [4.69, 9.17) is 9.97 Å². The first kappa shape index (κ1) is 19.9. The number of hydrogen-bond donors (Lipinski definition) is 1. The second-order valence-corrected chi connectivity index (χ2v) is 8.08. The van der Waals surface area contributed by atoms with Crippen molar-refractivity contribution in [1.82, 2.24) is 14.9 Å². The van der Waals surface area contributed by atoms with E-state index in [-0.39, 0.29) is 6.54 Å². The Morgan fingerprint density at radius 2 is 1.55 bits per heavy atom. The molecule has 0 spiro atoms. The van der Waals surface area contributed by atoms with Gasteiger partial charge in [-0.15, -0.1) is 0 Å². The maximum Gasteiger partial charge on any atom is 0.317 e. The number of hydrogen-bond acceptors (Lipinski definition) is 6. The van der Waals surface area contributed by atoms with Crippen molar-refractivity contribution < 1.29 is 9.90 Å². The van der Waals surface area contributed by atoms with Gasteiger partial charge in [-0.25, -0.2) is 9.97 Å². The SMILES string of the molecule is CCN(CC(=O)O)C1CCN(c2nc3ccccc3nc2N2CCCCC2)CC1. The fourth-order valence-electron chi connectivity index (χ4n) is 4.63. The molecule has 0 aliphatic carbocycles. The van der Waals surface area contributed by atoms with Gasteiger partial charge < -0.3 is 14.9 Å².